The molecule has 0 bridgehead atoms. The first-order valence-electron chi connectivity index (χ1n) is 6.95. The van der Waals surface area contributed by atoms with Crippen molar-refractivity contribution in [1.82, 2.24) is 9.55 Å². The van der Waals surface area contributed by atoms with Gasteiger partial charge in [0.15, 0.2) is 14.6 Å². The van der Waals surface area contributed by atoms with Crippen LogP contribution in [0.2, 0.25) is 0 Å². The number of nitrogens with one attached hydrogen (secondary N) is 1. The summed E-state index contributed by atoms with van der Waals surface area (Å²) in [5.74, 6) is 0.0262. The van der Waals surface area contributed by atoms with Crippen LogP contribution in [0.3, 0.4) is 0 Å². The van der Waals surface area contributed by atoms with Gasteiger partial charge in [-0.15, -0.1) is 0 Å². The summed E-state index contributed by atoms with van der Waals surface area (Å²) in [6.45, 7) is 1.59. The zero-order chi connectivity index (χ0) is 15.2. The lowest BCUT2D eigenvalue weighted by Crippen LogP contribution is -2.30. The van der Waals surface area contributed by atoms with E-state index in [0.29, 0.717) is 15.7 Å². The molecule has 0 aliphatic heterocycles. The highest BCUT2D eigenvalue weighted by molar-refractivity contribution is 7.91. The van der Waals surface area contributed by atoms with E-state index in [1.165, 1.54) is 12.1 Å². The van der Waals surface area contributed by atoms with Gasteiger partial charge in [-0.2, -0.15) is 0 Å². The molecule has 0 radical (unpaired) electrons. The number of aromatic amines is 1. The Labute approximate surface area is 127 Å². The van der Waals surface area contributed by atoms with E-state index in [-0.39, 0.29) is 22.2 Å². The minimum Gasteiger partial charge on any atom is -0.332 e. The third kappa shape index (κ3) is 2.34. The number of sulfone groups is 1. The Balaban J connectivity index is 2.26. The molecule has 21 heavy (non-hydrogen) atoms. The third-order valence-electron chi connectivity index (χ3n) is 4.08. The average molecular weight is 324 g/mol. The smallest absolute Gasteiger partial charge is 0.262 e. The van der Waals surface area contributed by atoms with Crippen molar-refractivity contribution in [3.05, 3.63) is 33.3 Å². The van der Waals surface area contributed by atoms with E-state index < -0.39 is 9.84 Å². The Morgan fingerprint density at radius 3 is 2.67 bits per heavy atom. The third-order valence-corrected chi connectivity index (χ3v) is 6.11. The summed E-state index contributed by atoms with van der Waals surface area (Å²) >= 11 is 5.27. The number of rotatable bonds is 3. The molecule has 7 heteroatoms. The molecule has 0 unspecified atom stereocenters. The summed E-state index contributed by atoms with van der Waals surface area (Å²) in [5, 5.41) is 0.477. The molecule has 1 saturated carbocycles. The molecule has 0 saturated heterocycles. The minimum atomic E-state index is -3.30. The number of nitrogens with zero attached hydrogens (tertiary/aromatic N) is 1. The fraction of sp³-hybridized carbons (Fsp3) is 0.429. The van der Waals surface area contributed by atoms with Gasteiger partial charge in [0.05, 0.1) is 21.6 Å². The summed E-state index contributed by atoms with van der Waals surface area (Å²) in [6.07, 6.45) is 3.04. The molecule has 1 fully saturated rings. The zero-order valence-electron chi connectivity index (χ0n) is 11.6. The van der Waals surface area contributed by atoms with E-state index in [2.05, 4.69) is 4.98 Å². The van der Waals surface area contributed by atoms with Gasteiger partial charge in [0, 0.05) is 6.04 Å². The lowest BCUT2D eigenvalue weighted by molar-refractivity contribution is 0.302. The van der Waals surface area contributed by atoms with Gasteiger partial charge in [-0.05, 0) is 49.7 Å². The second-order valence-electron chi connectivity index (χ2n) is 5.30. The number of benzene rings is 1. The van der Waals surface area contributed by atoms with Crippen molar-refractivity contribution in [3.8, 4) is 0 Å². The number of hydrogen-bond donors (Lipinski definition) is 1. The standard InChI is InChI=1S/C14H16N2O3S2/c1-2-21(18,19)10-6-7-11-12(8-10)15-14(20)16(13(11)17)9-4-3-5-9/h6-9H,2-5H2,1H3,(H,15,20). The van der Waals surface area contributed by atoms with Crippen LogP contribution in [0.15, 0.2) is 27.9 Å². The van der Waals surface area contributed by atoms with E-state index in [1.54, 1.807) is 17.6 Å². The second-order valence-corrected chi connectivity index (χ2v) is 7.97. The molecule has 0 amide bonds. The average Bonchev–Trinajstić information content (AvgIpc) is 2.40. The maximum absolute atomic E-state index is 12.5. The van der Waals surface area contributed by atoms with Crippen molar-refractivity contribution in [3.63, 3.8) is 0 Å². The largest absolute Gasteiger partial charge is 0.332 e. The monoisotopic (exact) mass is 324 g/mol. The summed E-state index contributed by atoms with van der Waals surface area (Å²) in [6, 6.07) is 4.73. The molecular formula is C14H16N2O3S2. The van der Waals surface area contributed by atoms with Crippen molar-refractivity contribution < 1.29 is 8.42 Å². The number of fused-ring (bicyclic) bond motifs is 1. The Morgan fingerprint density at radius 1 is 1.38 bits per heavy atom. The first-order chi connectivity index (χ1) is 9.94. The number of aromatic nitrogens is 2. The topological polar surface area (TPSA) is 71.9 Å². The fourth-order valence-corrected chi connectivity index (χ4v) is 3.80. The highest BCUT2D eigenvalue weighted by atomic mass is 32.2. The summed E-state index contributed by atoms with van der Waals surface area (Å²) in [7, 11) is -3.30. The predicted molar refractivity (Wildman–Crippen MR) is 84.0 cm³/mol. The molecule has 112 valence electrons. The molecule has 1 aromatic carbocycles. The fourth-order valence-electron chi connectivity index (χ4n) is 2.55. The molecule has 1 N–H and O–H groups in total. The molecule has 0 atom stereocenters. The van der Waals surface area contributed by atoms with Crippen LogP contribution >= 0.6 is 12.2 Å². The Kier molecular flexibility index (Phi) is 3.49. The van der Waals surface area contributed by atoms with Crippen LogP contribution < -0.4 is 5.56 Å². The van der Waals surface area contributed by atoms with Crippen molar-refractivity contribution in [2.45, 2.75) is 37.1 Å². The van der Waals surface area contributed by atoms with Gasteiger partial charge in [0.1, 0.15) is 0 Å². The van der Waals surface area contributed by atoms with Gasteiger partial charge in [-0.25, -0.2) is 8.42 Å². The van der Waals surface area contributed by atoms with E-state index in [4.69, 9.17) is 12.2 Å². The second kappa shape index (κ2) is 5.06. The Morgan fingerprint density at radius 2 is 2.10 bits per heavy atom. The van der Waals surface area contributed by atoms with Gasteiger partial charge in [0.2, 0.25) is 0 Å². The lowest BCUT2D eigenvalue weighted by Gasteiger charge is -2.27. The number of hydrogen-bond acceptors (Lipinski definition) is 4. The predicted octanol–water partition coefficient (Wildman–Crippen LogP) is 2.58. The first kappa shape index (κ1) is 14.5. The van der Waals surface area contributed by atoms with Crippen LogP contribution in [-0.4, -0.2) is 23.7 Å². The van der Waals surface area contributed by atoms with E-state index in [1.807, 2.05) is 0 Å². The zero-order valence-corrected chi connectivity index (χ0v) is 13.3. The summed E-state index contributed by atoms with van der Waals surface area (Å²) < 4.78 is 25.8. The van der Waals surface area contributed by atoms with Gasteiger partial charge in [-0.1, -0.05) is 6.92 Å². The molecule has 3 rings (SSSR count). The Bertz CT molecular complexity index is 921. The molecule has 1 heterocycles. The van der Waals surface area contributed by atoms with Gasteiger partial charge in [0.25, 0.3) is 5.56 Å². The van der Waals surface area contributed by atoms with Crippen LogP contribution in [0.1, 0.15) is 32.2 Å². The molecule has 0 spiro atoms. The minimum absolute atomic E-state index is 0.0262. The molecule has 1 aromatic heterocycles. The Hall–Kier alpha value is -1.47. The van der Waals surface area contributed by atoms with Gasteiger partial charge >= 0.3 is 0 Å². The van der Waals surface area contributed by atoms with Crippen molar-refractivity contribution in [2.24, 2.45) is 0 Å². The van der Waals surface area contributed by atoms with Crippen molar-refractivity contribution in [1.29, 1.82) is 0 Å². The van der Waals surface area contributed by atoms with E-state index in [9.17, 15) is 13.2 Å². The SMILES string of the molecule is CCS(=O)(=O)c1ccc2c(=O)n(C3CCC3)c(=S)[nH]c2c1. The highest BCUT2D eigenvalue weighted by Crippen LogP contribution is 2.30. The van der Waals surface area contributed by atoms with Crippen LogP contribution in [0.4, 0.5) is 0 Å². The van der Waals surface area contributed by atoms with Crippen LogP contribution in [0.25, 0.3) is 10.9 Å². The summed E-state index contributed by atoms with van der Waals surface area (Å²) in [4.78, 5) is 15.8. The maximum atomic E-state index is 12.5. The molecule has 2 aromatic rings. The maximum Gasteiger partial charge on any atom is 0.262 e. The first-order valence-corrected chi connectivity index (χ1v) is 9.01. The van der Waals surface area contributed by atoms with Crippen LogP contribution in [-0.2, 0) is 9.84 Å². The van der Waals surface area contributed by atoms with E-state index >= 15 is 0 Å². The van der Waals surface area contributed by atoms with E-state index in [0.717, 1.165) is 19.3 Å². The van der Waals surface area contributed by atoms with Crippen LogP contribution in [0, 0.1) is 4.77 Å². The molecule has 1 aliphatic carbocycles. The molecule has 5 nitrogen and oxygen atoms in total. The van der Waals surface area contributed by atoms with Crippen molar-refractivity contribution >= 4 is 33.0 Å². The normalized spacial score (nSPS) is 16.0. The molecular weight excluding hydrogens is 308 g/mol. The molecule has 1 aliphatic rings. The summed E-state index contributed by atoms with van der Waals surface area (Å²) in [5.41, 5.74) is 0.342. The lowest BCUT2D eigenvalue weighted by atomic mass is 9.93. The highest BCUT2D eigenvalue weighted by Gasteiger charge is 2.23. The van der Waals surface area contributed by atoms with Crippen LogP contribution in [0.5, 0.6) is 0 Å². The van der Waals surface area contributed by atoms with Gasteiger partial charge < -0.3 is 4.98 Å². The van der Waals surface area contributed by atoms with Crippen molar-refractivity contribution in [2.75, 3.05) is 5.75 Å². The quantitative estimate of drug-likeness (QED) is 0.881. The van der Waals surface area contributed by atoms with Gasteiger partial charge in [-0.3, -0.25) is 9.36 Å². The number of H-pyrrole nitrogens is 1.